The van der Waals surface area contributed by atoms with Crippen LogP contribution in [-0.4, -0.2) is 36.1 Å². The van der Waals surface area contributed by atoms with Gasteiger partial charge in [-0.05, 0) is 45.1 Å². The largest absolute Gasteiger partial charge is 0.335 e. The minimum Gasteiger partial charge on any atom is -0.335 e. The van der Waals surface area contributed by atoms with E-state index in [1.165, 1.54) is 25.7 Å². The molecule has 4 heteroatoms. The number of carbonyl (C=O) groups is 1. The van der Waals surface area contributed by atoms with Gasteiger partial charge in [0.25, 0.3) is 0 Å². The summed E-state index contributed by atoms with van der Waals surface area (Å²) in [5, 5.41) is 3.22. The molecule has 104 valence electrons. The second kappa shape index (κ2) is 6.98. The van der Waals surface area contributed by atoms with Crippen LogP contribution in [0.25, 0.3) is 0 Å². The summed E-state index contributed by atoms with van der Waals surface area (Å²) in [6.07, 6.45) is 10.6. The maximum atomic E-state index is 12.3. The molecule has 0 bridgehead atoms. The summed E-state index contributed by atoms with van der Waals surface area (Å²) >= 11 is 0. The van der Waals surface area contributed by atoms with Gasteiger partial charge in [0.15, 0.2) is 0 Å². The van der Waals surface area contributed by atoms with Gasteiger partial charge < -0.3 is 16.0 Å². The molecule has 2 aliphatic rings. The highest BCUT2D eigenvalue weighted by molar-refractivity contribution is 5.75. The van der Waals surface area contributed by atoms with Gasteiger partial charge in [-0.2, -0.15) is 0 Å². The topological polar surface area (TPSA) is 58.4 Å². The third-order valence-electron chi connectivity index (χ3n) is 4.32. The van der Waals surface area contributed by atoms with Gasteiger partial charge in [-0.3, -0.25) is 0 Å². The number of piperidine rings is 1. The van der Waals surface area contributed by atoms with Crippen molar-refractivity contribution >= 4 is 6.03 Å². The number of likely N-dealkylation sites (tertiary alicyclic amines) is 1. The first-order valence-electron chi connectivity index (χ1n) is 7.58. The van der Waals surface area contributed by atoms with Gasteiger partial charge in [0.1, 0.15) is 0 Å². The molecule has 1 aliphatic heterocycles. The standard InChI is InChI=1S/C14H27N3O/c15-10-9-13-8-4-5-11-17(13)14(18)16-12-6-2-1-3-7-12/h12-13H,1-11,15H2,(H,16,18). The van der Waals surface area contributed by atoms with Gasteiger partial charge >= 0.3 is 6.03 Å². The van der Waals surface area contributed by atoms with Crippen LogP contribution in [0.5, 0.6) is 0 Å². The van der Waals surface area contributed by atoms with Crippen LogP contribution >= 0.6 is 0 Å². The normalized spacial score (nSPS) is 26.1. The van der Waals surface area contributed by atoms with Crippen molar-refractivity contribution in [2.75, 3.05) is 13.1 Å². The zero-order chi connectivity index (χ0) is 12.8. The first-order valence-corrected chi connectivity index (χ1v) is 7.58. The highest BCUT2D eigenvalue weighted by Gasteiger charge is 2.27. The quantitative estimate of drug-likeness (QED) is 0.810. The summed E-state index contributed by atoms with van der Waals surface area (Å²) in [6.45, 7) is 1.58. The monoisotopic (exact) mass is 253 g/mol. The lowest BCUT2D eigenvalue weighted by Crippen LogP contribution is -2.52. The van der Waals surface area contributed by atoms with E-state index in [0.717, 1.165) is 38.6 Å². The summed E-state index contributed by atoms with van der Waals surface area (Å²) < 4.78 is 0. The molecule has 1 heterocycles. The maximum absolute atomic E-state index is 12.3. The fourth-order valence-corrected chi connectivity index (χ4v) is 3.26. The van der Waals surface area contributed by atoms with E-state index in [0.29, 0.717) is 18.6 Å². The number of rotatable bonds is 3. The third-order valence-corrected chi connectivity index (χ3v) is 4.32. The molecule has 0 aromatic heterocycles. The Hall–Kier alpha value is -0.770. The number of hydrogen-bond acceptors (Lipinski definition) is 2. The average Bonchev–Trinajstić information content (AvgIpc) is 2.41. The number of nitrogens with two attached hydrogens (primary N) is 1. The van der Waals surface area contributed by atoms with E-state index in [9.17, 15) is 4.79 Å². The van der Waals surface area contributed by atoms with Crippen LogP contribution in [0.3, 0.4) is 0 Å². The molecule has 1 aliphatic carbocycles. The molecule has 2 rings (SSSR count). The highest BCUT2D eigenvalue weighted by atomic mass is 16.2. The van der Waals surface area contributed by atoms with E-state index in [4.69, 9.17) is 5.73 Å². The molecule has 2 amide bonds. The molecular weight excluding hydrogens is 226 g/mol. The number of nitrogens with one attached hydrogen (secondary N) is 1. The molecule has 18 heavy (non-hydrogen) atoms. The Morgan fingerprint density at radius 1 is 1.11 bits per heavy atom. The lowest BCUT2D eigenvalue weighted by Gasteiger charge is -2.37. The fraction of sp³-hybridized carbons (Fsp3) is 0.929. The van der Waals surface area contributed by atoms with Gasteiger partial charge in [-0.15, -0.1) is 0 Å². The Bertz CT molecular complexity index is 262. The van der Waals surface area contributed by atoms with E-state index in [1.54, 1.807) is 0 Å². The van der Waals surface area contributed by atoms with Crippen molar-refractivity contribution in [3.8, 4) is 0 Å². The number of amides is 2. The van der Waals surface area contributed by atoms with E-state index >= 15 is 0 Å². The number of carbonyl (C=O) groups excluding carboxylic acids is 1. The summed E-state index contributed by atoms with van der Waals surface area (Å²) in [6, 6.07) is 0.930. The Balaban J connectivity index is 1.84. The van der Waals surface area contributed by atoms with Crippen LogP contribution in [0.15, 0.2) is 0 Å². The predicted octanol–water partition coefficient (Wildman–Crippen LogP) is 2.23. The summed E-state index contributed by atoms with van der Waals surface area (Å²) in [5.41, 5.74) is 5.65. The van der Waals surface area contributed by atoms with Gasteiger partial charge in [0.05, 0.1) is 0 Å². The molecular formula is C14H27N3O. The molecule has 1 unspecified atom stereocenters. The maximum Gasteiger partial charge on any atom is 0.317 e. The zero-order valence-electron chi connectivity index (χ0n) is 11.4. The van der Waals surface area contributed by atoms with E-state index in [-0.39, 0.29) is 6.03 Å². The Morgan fingerprint density at radius 3 is 2.56 bits per heavy atom. The molecule has 0 radical (unpaired) electrons. The smallest absolute Gasteiger partial charge is 0.317 e. The Kier molecular flexibility index (Phi) is 5.29. The van der Waals surface area contributed by atoms with Crippen molar-refractivity contribution in [1.29, 1.82) is 0 Å². The first-order chi connectivity index (χ1) is 8.81. The van der Waals surface area contributed by atoms with Crippen molar-refractivity contribution in [3.05, 3.63) is 0 Å². The van der Waals surface area contributed by atoms with Gasteiger partial charge in [0.2, 0.25) is 0 Å². The van der Waals surface area contributed by atoms with E-state index < -0.39 is 0 Å². The fourth-order valence-electron chi connectivity index (χ4n) is 3.26. The van der Waals surface area contributed by atoms with Gasteiger partial charge in [-0.25, -0.2) is 4.79 Å². The van der Waals surface area contributed by atoms with Gasteiger partial charge in [-0.1, -0.05) is 19.3 Å². The summed E-state index contributed by atoms with van der Waals surface area (Å²) in [4.78, 5) is 14.4. The molecule has 0 spiro atoms. The molecule has 1 atom stereocenters. The molecule has 2 fully saturated rings. The predicted molar refractivity (Wildman–Crippen MR) is 73.4 cm³/mol. The van der Waals surface area contributed by atoms with Gasteiger partial charge in [0, 0.05) is 18.6 Å². The molecule has 4 nitrogen and oxygen atoms in total. The second-order valence-electron chi connectivity index (χ2n) is 5.70. The highest BCUT2D eigenvalue weighted by Crippen LogP contribution is 2.21. The van der Waals surface area contributed by atoms with Crippen LogP contribution in [0, 0.1) is 0 Å². The van der Waals surface area contributed by atoms with Crippen molar-refractivity contribution < 1.29 is 4.79 Å². The minimum absolute atomic E-state index is 0.153. The van der Waals surface area contributed by atoms with Crippen LogP contribution in [0.4, 0.5) is 4.79 Å². The minimum atomic E-state index is 0.153. The molecule has 0 aromatic rings. The van der Waals surface area contributed by atoms with Crippen molar-refractivity contribution in [3.63, 3.8) is 0 Å². The van der Waals surface area contributed by atoms with Crippen LogP contribution in [0.2, 0.25) is 0 Å². The molecule has 1 saturated carbocycles. The van der Waals surface area contributed by atoms with Crippen LogP contribution in [-0.2, 0) is 0 Å². The van der Waals surface area contributed by atoms with Crippen molar-refractivity contribution in [1.82, 2.24) is 10.2 Å². The second-order valence-corrected chi connectivity index (χ2v) is 5.70. The van der Waals surface area contributed by atoms with Crippen molar-refractivity contribution in [2.24, 2.45) is 5.73 Å². The average molecular weight is 253 g/mol. The molecule has 1 saturated heterocycles. The SMILES string of the molecule is NCCC1CCCCN1C(=O)NC1CCCCC1. The molecule has 0 aromatic carbocycles. The number of hydrogen-bond donors (Lipinski definition) is 2. The van der Waals surface area contributed by atoms with E-state index in [2.05, 4.69) is 5.32 Å². The molecule has 3 N–H and O–H groups in total. The van der Waals surface area contributed by atoms with Crippen molar-refractivity contribution in [2.45, 2.75) is 69.9 Å². The number of urea groups is 1. The number of nitrogens with zero attached hydrogens (tertiary/aromatic N) is 1. The van der Waals surface area contributed by atoms with E-state index in [1.807, 2.05) is 4.90 Å². The summed E-state index contributed by atoms with van der Waals surface area (Å²) in [5.74, 6) is 0. The third kappa shape index (κ3) is 3.61. The zero-order valence-corrected chi connectivity index (χ0v) is 11.4. The first kappa shape index (κ1) is 13.7. The lowest BCUT2D eigenvalue weighted by molar-refractivity contribution is 0.142. The Morgan fingerprint density at radius 2 is 1.83 bits per heavy atom. The lowest BCUT2D eigenvalue weighted by atomic mass is 9.95. The van der Waals surface area contributed by atoms with Crippen LogP contribution < -0.4 is 11.1 Å². The summed E-state index contributed by atoms with van der Waals surface area (Å²) in [7, 11) is 0. The van der Waals surface area contributed by atoms with Crippen LogP contribution in [0.1, 0.15) is 57.8 Å². The Labute approximate surface area is 110 Å².